The topological polar surface area (TPSA) is 20.2 Å². The Hall–Kier alpha value is -2.10. The number of fused-ring (bicyclic) bond motifs is 1. The number of para-hydroxylation sites is 1. The van der Waals surface area contributed by atoms with Gasteiger partial charge in [0, 0.05) is 43.3 Å². The van der Waals surface area contributed by atoms with Crippen LogP contribution in [0.25, 0.3) is 10.9 Å². The predicted octanol–water partition coefficient (Wildman–Crippen LogP) is 3.65. The van der Waals surface area contributed by atoms with Crippen molar-refractivity contribution in [2.75, 3.05) is 27.2 Å². The zero-order valence-corrected chi connectivity index (χ0v) is 14.9. The highest BCUT2D eigenvalue weighted by Gasteiger charge is 2.09. The van der Waals surface area contributed by atoms with Gasteiger partial charge in [-0.05, 0) is 43.8 Å². The summed E-state index contributed by atoms with van der Waals surface area (Å²) in [5, 5.41) is 4.91. The van der Waals surface area contributed by atoms with Gasteiger partial charge in [-0.3, -0.25) is 0 Å². The minimum Gasteiger partial charge on any atom is -0.343 e. The maximum atomic E-state index is 3.56. The highest BCUT2D eigenvalue weighted by Crippen LogP contribution is 2.23. The number of aromatic nitrogens is 1. The van der Waals surface area contributed by atoms with Crippen molar-refractivity contribution >= 4 is 10.9 Å². The Labute approximate surface area is 144 Å². The smallest absolute Gasteiger partial charge is 0.0486 e. The van der Waals surface area contributed by atoms with Crippen LogP contribution in [0.2, 0.25) is 0 Å². The molecule has 0 amide bonds. The molecular weight excluding hydrogens is 294 g/mol. The zero-order valence-electron chi connectivity index (χ0n) is 14.9. The molecule has 0 fully saturated rings. The van der Waals surface area contributed by atoms with Gasteiger partial charge >= 0.3 is 0 Å². The molecule has 1 heterocycles. The van der Waals surface area contributed by atoms with Crippen LogP contribution in [0.15, 0.2) is 54.7 Å². The first kappa shape index (κ1) is 16.7. The average molecular weight is 321 g/mol. The van der Waals surface area contributed by atoms with E-state index in [0.717, 1.165) is 26.2 Å². The molecule has 24 heavy (non-hydrogen) atoms. The molecule has 0 aliphatic heterocycles. The monoisotopic (exact) mass is 321 g/mol. The Morgan fingerprint density at radius 2 is 1.71 bits per heavy atom. The minimum atomic E-state index is 0.912. The maximum Gasteiger partial charge on any atom is 0.0486 e. The first-order chi connectivity index (χ1) is 11.6. The number of benzene rings is 2. The fourth-order valence-corrected chi connectivity index (χ4v) is 3.09. The van der Waals surface area contributed by atoms with Gasteiger partial charge in [0.2, 0.25) is 0 Å². The SMILES string of the molecule is Cc1ccccc1Cn1cc(CNCCN(C)C)c2ccccc21. The number of nitrogens with one attached hydrogen (secondary N) is 1. The molecule has 3 nitrogen and oxygen atoms in total. The lowest BCUT2D eigenvalue weighted by Gasteiger charge is -2.10. The molecule has 0 saturated heterocycles. The standard InChI is InChI=1S/C21H27N3/c1-17-8-4-5-9-18(17)15-24-16-19(14-22-12-13-23(2)3)20-10-6-7-11-21(20)24/h4-11,16,22H,12-15H2,1-3H3. The number of nitrogens with zero attached hydrogens (tertiary/aromatic N) is 2. The summed E-state index contributed by atoms with van der Waals surface area (Å²) in [5.41, 5.74) is 5.41. The summed E-state index contributed by atoms with van der Waals surface area (Å²) in [4.78, 5) is 2.20. The fourth-order valence-electron chi connectivity index (χ4n) is 3.09. The van der Waals surface area contributed by atoms with Gasteiger partial charge in [0.25, 0.3) is 0 Å². The third-order valence-corrected chi connectivity index (χ3v) is 4.52. The van der Waals surface area contributed by atoms with Gasteiger partial charge < -0.3 is 14.8 Å². The molecule has 0 atom stereocenters. The first-order valence-corrected chi connectivity index (χ1v) is 8.62. The molecule has 0 aliphatic rings. The Bertz CT molecular complexity index is 802. The van der Waals surface area contributed by atoms with Crippen LogP contribution in [0.1, 0.15) is 16.7 Å². The summed E-state index contributed by atoms with van der Waals surface area (Å²) in [7, 11) is 4.21. The summed E-state index contributed by atoms with van der Waals surface area (Å²) in [6, 6.07) is 17.3. The molecule has 0 aliphatic carbocycles. The van der Waals surface area contributed by atoms with E-state index in [2.05, 4.69) is 90.5 Å². The number of rotatable bonds is 7. The third kappa shape index (κ3) is 3.86. The van der Waals surface area contributed by atoms with Crippen LogP contribution in [0, 0.1) is 6.92 Å². The van der Waals surface area contributed by atoms with Crippen LogP contribution < -0.4 is 5.32 Å². The van der Waals surface area contributed by atoms with Gasteiger partial charge in [-0.1, -0.05) is 42.5 Å². The summed E-state index contributed by atoms with van der Waals surface area (Å²) in [6.45, 7) is 6.08. The van der Waals surface area contributed by atoms with Crippen LogP contribution >= 0.6 is 0 Å². The molecule has 0 unspecified atom stereocenters. The number of likely N-dealkylation sites (N-methyl/N-ethyl adjacent to an activating group) is 1. The van der Waals surface area contributed by atoms with Crippen molar-refractivity contribution in [2.45, 2.75) is 20.0 Å². The average Bonchev–Trinajstić information content (AvgIpc) is 2.92. The summed E-state index contributed by atoms with van der Waals surface area (Å²) < 4.78 is 2.38. The zero-order chi connectivity index (χ0) is 16.9. The lowest BCUT2D eigenvalue weighted by Crippen LogP contribution is -2.26. The van der Waals surface area contributed by atoms with Gasteiger partial charge in [0.15, 0.2) is 0 Å². The summed E-state index contributed by atoms with van der Waals surface area (Å²) in [5.74, 6) is 0. The number of aryl methyl sites for hydroxylation is 1. The van der Waals surface area contributed by atoms with E-state index in [1.165, 1.54) is 27.6 Å². The van der Waals surface area contributed by atoms with E-state index >= 15 is 0 Å². The second kappa shape index (κ2) is 7.65. The largest absolute Gasteiger partial charge is 0.343 e. The molecular formula is C21H27N3. The third-order valence-electron chi connectivity index (χ3n) is 4.52. The predicted molar refractivity (Wildman–Crippen MR) is 102 cm³/mol. The van der Waals surface area contributed by atoms with Crippen molar-refractivity contribution < 1.29 is 0 Å². The highest BCUT2D eigenvalue weighted by atomic mass is 15.1. The lowest BCUT2D eigenvalue weighted by atomic mass is 10.1. The van der Waals surface area contributed by atoms with E-state index in [0.29, 0.717) is 0 Å². The Morgan fingerprint density at radius 1 is 0.958 bits per heavy atom. The quantitative estimate of drug-likeness (QED) is 0.670. The van der Waals surface area contributed by atoms with E-state index in [-0.39, 0.29) is 0 Å². The summed E-state index contributed by atoms with van der Waals surface area (Å²) >= 11 is 0. The lowest BCUT2D eigenvalue weighted by molar-refractivity contribution is 0.400. The molecule has 3 heteroatoms. The normalized spacial score (nSPS) is 11.5. The van der Waals surface area contributed by atoms with Crippen LogP contribution in [0.3, 0.4) is 0 Å². The van der Waals surface area contributed by atoms with Crippen LogP contribution in [0.4, 0.5) is 0 Å². The van der Waals surface area contributed by atoms with Crippen molar-refractivity contribution in [3.8, 4) is 0 Å². The highest BCUT2D eigenvalue weighted by molar-refractivity contribution is 5.84. The minimum absolute atomic E-state index is 0.912. The van der Waals surface area contributed by atoms with E-state index in [9.17, 15) is 0 Å². The van der Waals surface area contributed by atoms with Gasteiger partial charge in [0.1, 0.15) is 0 Å². The summed E-state index contributed by atoms with van der Waals surface area (Å²) in [6.07, 6.45) is 2.31. The van der Waals surface area contributed by atoms with Gasteiger partial charge in [0.05, 0.1) is 0 Å². The number of hydrogen-bond acceptors (Lipinski definition) is 2. The van der Waals surface area contributed by atoms with E-state index in [1.54, 1.807) is 0 Å². The van der Waals surface area contributed by atoms with Gasteiger partial charge in [-0.25, -0.2) is 0 Å². The molecule has 3 rings (SSSR count). The van der Waals surface area contributed by atoms with E-state index < -0.39 is 0 Å². The second-order valence-corrected chi connectivity index (χ2v) is 6.71. The number of hydrogen-bond donors (Lipinski definition) is 1. The molecule has 3 aromatic rings. The molecule has 1 N–H and O–H groups in total. The maximum absolute atomic E-state index is 3.56. The van der Waals surface area contributed by atoms with Crippen molar-refractivity contribution in [1.29, 1.82) is 0 Å². The molecule has 0 saturated carbocycles. The van der Waals surface area contributed by atoms with Gasteiger partial charge in [-0.15, -0.1) is 0 Å². The molecule has 0 spiro atoms. The van der Waals surface area contributed by atoms with Crippen LogP contribution in [-0.2, 0) is 13.1 Å². The molecule has 0 radical (unpaired) electrons. The molecule has 1 aromatic heterocycles. The van der Waals surface area contributed by atoms with Crippen LogP contribution in [-0.4, -0.2) is 36.7 Å². The van der Waals surface area contributed by atoms with E-state index in [4.69, 9.17) is 0 Å². The molecule has 2 aromatic carbocycles. The Kier molecular flexibility index (Phi) is 5.34. The Balaban J connectivity index is 1.82. The van der Waals surface area contributed by atoms with Crippen molar-refractivity contribution in [3.05, 3.63) is 71.4 Å². The molecule has 126 valence electrons. The van der Waals surface area contributed by atoms with Crippen molar-refractivity contribution in [1.82, 2.24) is 14.8 Å². The van der Waals surface area contributed by atoms with Crippen molar-refractivity contribution in [2.24, 2.45) is 0 Å². The molecule has 0 bridgehead atoms. The van der Waals surface area contributed by atoms with Gasteiger partial charge in [-0.2, -0.15) is 0 Å². The fraction of sp³-hybridized carbons (Fsp3) is 0.333. The second-order valence-electron chi connectivity index (χ2n) is 6.71. The Morgan fingerprint density at radius 3 is 2.50 bits per heavy atom. The van der Waals surface area contributed by atoms with Crippen molar-refractivity contribution in [3.63, 3.8) is 0 Å². The van der Waals surface area contributed by atoms with Crippen LogP contribution in [0.5, 0.6) is 0 Å². The van der Waals surface area contributed by atoms with E-state index in [1.807, 2.05) is 0 Å². The first-order valence-electron chi connectivity index (χ1n) is 8.62.